The van der Waals surface area contributed by atoms with Crippen molar-refractivity contribution in [3.63, 3.8) is 0 Å². The molecule has 0 aliphatic rings. The van der Waals surface area contributed by atoms with Gasteiger partial charge in [-0.05, 0) is 23.1 Å². The van der Waals surface area contributed by atoms with Crippen LogP contribution in [0.5, 0.6) is 11.8 Å². The average Bonchev–Trinajstić information content (AvgIpc) is 2.37. The van der Waals surface area contributed by atoms with Gasteiger partial charge < -0.3 is 15.4 Å². The van der Waals surface area contributed by atoms with Gasteiger partial charge in [-0.3, -0.25) is 0 Å². The van der Waals surface area contributed by atoms with Gasteiger partial charge in [-0.25, -0.2) is 0 Å². The molecule has 6 nitrogen and oxygen atoms in total. The van der Waals surface area contributed by atoms with Gasteiger partial charge in [-0.2, -0.15) is 15.0 Å². The third-order valence-electron chi connectivity index (χ3n) is 2.95. The minimum Gasteiger partial charge on any atom is -0.424 e. The smallest absolute Gasteiger partial charge is 0.328 e. The normalized spacial score (nSPS) is 11.3. The molecule has 0 saturated carbocycles. The quantitative estimate of drug-likeness (QED) is 0.935. The van der Waals surface area contributed by atoms with Crippen LogP contribution in [0, 0.1) is 0 Å². The topological polar surface area (TPSA) is 77.2 Å². The fourth-order valence-corrected chi connectivity index (χ4v) is 1.74. The lowest BCUT2D eigenvalue weighted by Gasteiger charge is -2.19. The molecule has 1 aromatic carbocycles. The summed E-state index contributed by atoms with van der Waals surface area (Å²) in [6, 6.07) is 8.06. The lowest BCUT2D eigenvalue weighted by Crippen LogP contribution is -2.15. The van der Waals surface area contributed by atoms with E-state index in [1.165, 1.54) is 5.56 Å². The summed E-state index contributed by atoms with van der Waals surface area (Å²) in [5.74, 6) is 1.26. The number of nitrogen functional groups attached to an aromatic ring is 1. The summed E-state index contributed by atoms with van der Waals surface area (Å²) < 4.78 is 5.65. The van der Waals surface area contributed by atoms with Crippen LogP contribution in [-0.4, -0.2) is 29.0 Å². The molecule has 2 rings (SSSR count). The van der Waals surface area contributed by atoms with Gasteiger partial charge in [0.2, 0.25) is 11.9 Å². The molecule has 0 bridgehead atoms. The molecule has 0 unspecified atom stereocenters. The number of ether oxygens (including phenoxy) is 1. The summed E-state index contributed by atoms with van der Waals surface area (Å²) in [6.07, 6.45) is 0. The Morgan fingerprint density at radius 1 is 1.00 bits per heavy atom. The van der Waals surface area contributed by atoms with Crippen LogP contribution in [0.25, 0.3) is 0 Å². The summed E-state index contributed by atoms with van der Waals surface area (Å²) in [5.41, 5.74) is 7.00. The van der Waals surface area contributed by atoms with E-state index in [-0.39, 0.29) is 17.4 Å². The molecule has 0 amide bonds. The largest absolute Gasteiger partial charge is 0.424 e. The van der Waals surface area contributed by atoms with Crippen molar-refractivity contribution < 1.29 is 4.74 Å². The van der Waals surface area contributed by atoms with Gasteiger partial charge in [-0.1, -0.05) is 32.9 Å². The number of aromatic nitrogens is 3. The molecule has 0 atom stereocenters. The zero-order valence-corrected chi connectivity index (χ0v) is 13.1. The van der Waals surface area contributed by atoms with Gasteiger partial charge >= 0.3 is 6.01 Å². The molecule has 112 valence electrons. The third kappa shape index (κ3) is 3.81. The van der Waals surface area contributed by atoms with Crippen molar-refractivity contribution in [3.8, 4) is 11.8 Å². The van der Waals surface area contributed by atoms with E-state index in [1.54, 1.807) is 4.90 Å². The number of hydrogen-bond acceptors (Lipinski definition) is 6. The van der Waals surface area contributed by atoms with Crippen LogP contribution in [0.3, 0.4) is 0 Å². The van der Waals surface area contributed by atoms with Crippen LogP contribution in [-0.2, 0) is 5.41 Å². The Labute approximate surface area is 125 Å². The molecule has 0 saturated heterocycles. The maximum absolute atomic E-state index is 5.66. The monoisotopic (exact) mass is 287 g/mol. The number of anilines is 2. The number of hydrogen-bond donors (Lipinski definition) is 1. The second kappa shape index (κ2) is 5.55. The van der Waals surface area contributed by atoms with Crippen LogP contribution in [0.2, 0.25) is 0 Å². The molecule has 2 aromatic rings. The predicted molar refractivity (Wildman–Crippen MR) is 83.8 cm³/mol. The molecule has 0 radical (unpaired) electrons. The average molecular weight is 287 g/mol. The molecule has 0 fully saturated rings. The number of nitrogens with two attached hydrogens (primary N) is 1. The van der Waals surface area contributed by atoms with E-state index in [1.807, 2.05) is 38.4 Å². The summed E-state index contributed by atoms with van der Waals surface area (Å²) in [5, 5.41) is 0. The zero-order chi connectivity index (χ0) is 15.6. The van der Waals surface area contributed by atoms with Crippen molar-refractivity contribution >= 4 is 11.9 Å². The van der Waals surface area contributed by atoms with Gasteiger partial charge in [-0.15, -0.1) is 0 Å². The molecular weight excluding hydrogens is 266 g/mol. The highest BCUT2D eigenvalue weighted by atomic mass is 16.5. The fourth-order valence-electron chi connectivity index (χ4n) is 1.74. The second-order valence-corrected chi connectivity index (χ2v) is 6.05. The van der Waals surface area contributed by atoms with E-state index >= 15 is 0 Å². The Balaban J connectivity index is 2.22. The number of rotatable bonds is 3. The first-order chi connectivity index (χ1) is 9.75. The van der Waals surface area contributed by atoms with Gasteiger partial charge in [0.1, 0.15) is 5.75 Å². The zero-order valence-electron chi connectivity index (χ0n) is 13.1. The summed E-state index contributed by atoms with van der Waals surface area (Å²) in [4.78, 5) is 14.0. The van der Waals surface area contributed by atoms with Crippen molar-refractivity contribution in [2.24, 2.45) is 0 Å². The minimum absolute atomic E-state index is 0.105. The number of nitrogens with zero attached hydrogens (tertiary/aromatic N) is 4. The van der Waals surface area contributed by atoms with E-state index in [4.69, 9.17) is 10.5 Å². The SMILES string of the molecule is CN(C)c1nc(N)nc(Oc2ccc(C(C)(C)C)cc2)n1. The van der Waals surface area contributed by atoms with E-state index in [2.05, 4.69) is 35.7 Å². The van der Waals surface area contributed by atoms with Gasteiger partial charge in [0.05, 0.1) is 0 Å². The molecule has 6 heteroatoms. The van der Waals surface area contributed by atoms with Crippen LogP contribution >= 0.6 is 0 Å². The van der Waals surface area contributed by atoms with Crippen molar-refractivity contribution in [3.05, 3.63) is 29.8 Å². The summed E-state index contributed by atoms with van der Waals surface area (Å²) in [6.45, 7) is 6.50. The van der Waals surface area contributed by atoms with Crippen LogP contribution < -0.4 is 15.4 Å². The summed E-state index contributed by atoms with van der Waals surface area (Å²) >= 11 is 0. The highest BCUT2D eigenvalue weighted by molar-refractivity contribution is 5.36. The molecule has 2 N–H and O–H groups in total. The maximum atomic E-state index is 5.66. The fraction of sp³-hybridized carbons (Fsp3) is 0.400. The van der Waals surface area contributed by atoms with E-state index in [0.29, 0.717) is 11.7 Å². The van der Waals surface area contributed by atoms with E-state index in [0.717, 1.165) is 0 Å². The highest BCUT2D eigenvalue weighted by Gasteiger charge is 2.14. The van der Waals surface area contributed by atoms with Crippen LogP contribution in [0.1, 0.15) is 26.3 Å². The van der Waals surface area contributed by atoms with Crippen molar-refractivity contribution in [1.82, 2.24) is 15.0 Å². The molecule has 0 spiro atoms. The minimum atomic E-state index is 0.105. The lowest BCUT2D eigenvalue weighted by atomic mass is 9.87. The standard InChI is InChI=1S/C15H21N5O/c1-15(2,3)10-6-8-11(9-7-10)21-14-18-12(16)17-13(19-14)20(4)5/h6-9H,1-5H3,(H2,16,17,18,19). The van der Waals surface area contributed by atoms with Gasteiger partial charge in [0.15, 0.2) is 0 Å². The molecule has 0 aliphatic heterocycles. The van der Waals surface area contributed by atoms with E-state index in [9.17, 15) is 0 Å². The second-order valence-electron chi connectivity index (χ2n) is 6.05. The predicted octanol–water partition coefficient (Wildman–Crippen LogP) is 2.61. The van der Waals surface area contributed by atoms with Gasteiger partial charge in [0.25, 0.3) is 0 Å². The number of benzene rings is 1. The Bertz CT molecular complexity index is 617. The Hall–Kier alpha value is -2.37. The van der Waals surface area contributed by atoms with Gasteiger partial charge in [0, 0.05) is 14.1 Å². The summed E-state index contributed by atoms with van der Waals surface area (Å²) in [7, 11) is 3.66. The van der Waals surface area contributed by atoms with E-state index < -0.39 is 0 Å². The Morgan fingerprint density at radius 2 is 1.62 bits per heavy atom. The van der Waals surface area contributed by atoms with Crippen molar-refractivity contribution in [2.45, 2.75) is 26.2 Å². The van der Waals surface area contributed by atoms with Crippen LogP contribution in [0.4, 0.5) is 11.9 Å². The van der Waals surface area contributed by atoms with Crippen molar-refractivity contribution in [1.29, 1.82) is 0 Å². The van der Waals surface area contributed by atoms with Crippen LogP contribution in [0.15, 0.2) is 24.3 Å². The first kappa shape index (κ1) is 15.0. The first-order valence-electron chi connectivity index (χ1n) is 6.73. The molecule has 0 aliphatic carbocycles. The highest BCUT2D eigenvalue weighted by Crippen LogP contribution is 2.26. The third-order valence-corrected chi connectivity index (χ3v) is 2.95. The molecule has 21 heavy (non-hydrogen) atoms. The molecule has 1 aromatic heterocycles. The molecular formula is C15H21N5O. The molecule has 1 heterocycles. The first-order valence-corrected chi connectivity index (χ1v) is 6.73. The lowest BCUT2D eigenvalue weighted by molar-refractivity contribution is 0.440. The van der Waals surface area contributed by atoms with Crippen molar-refractivity contribution in [2.75, 3.05) is 24.7 Å². The maximum Gasteiger partial charge on any atom is 0.328 e. The Kier molecular flexibility index (Phi) is 3.97. The Morgan fingerprint density at radius 3 is 2.14 bits per heavy atom.